The summed E-state index contributed by atoms with van der Waals surface area (Å²) in [5, 5.41) is 11.9. The van der Waals surface area contributed by atoms with E-state index >= 15 is 0 Å². The summed E-state index contributed by atoms with van der Waals surface area (Å²) in [7, 11) is 1.82. The van der Waals surface area contributed by atoms with E-state index < -0.39 is 0 Å². The van der Waals surface area contributed by atoms with Crippen molar-refractivity contribution in [1.82, 2.24) is 10.2 Å². The maximum absolute atomic E-state index is 11.8. The third kappa shape index (κ3) is 2.69. The lowest BCUT2D eigenvalue weighted by atomic mass is 10.0. The molecule has 14 heavy (non-hydrogen) atoms. The molecule has 2 unspecified atom stereocenters. The fourth-order valence-electron chi connectivity index (χ4n) is 1.82. The highest BCUT2D eigenvalue weighted by Gasteiger charge is 2.27. The maximum atomic E-state index is 11.8. The molecule has 4 nitrogen and oxygen atoms in total. The number of carbonyl (C=O) groups is 1. The fraction of sp³-hybridized carbons (Fsp3) is 0.900. The van der Waals surface area contributed by atoms with E-state index in [1.165, 1.54) is 0 Å². The molecule has 0 spiro atoms. The van der Waals surface area contributed by atoms with E-state index in [2.05, 4.69) is 5.32 Å². The number of aliphatic hydroxyl groups excluding tert-OH is 1. The number of nitrogens with zero attached hydrogens (tertiary/aromatic N) is 1. The summed E-state index contributed by atoms with van der Waals surface area (Å²) in [6.07, 6.45) is 1.98. The number of rotatable bonds is 4. The minimum atomic E-state index is -0.0188. The fourth-order valence-corrected chi connectivity index (χ4v) is 1.82. The number of aliphatic hydroxyl groups is 1. The Bertz CT molecular complexity index is 197. The molecule has 4 heteroatoms. The zero-order valence-corrected chi connectivity index (χ0v) is 8.99. The van der Waals surface area contributed by atoms with Gasteiger partial charge in [-0.1, -0.05) is 6.92 Å². The Morgan fingerprint density at radius 3 is 3.00 bits per heavy atom. The Morgan fingerprint density at radius 2 is 2.43 bits per heavy atom. The van der Waals surface area contributed by atoms with Gasteiger partial charge in [0.2, 0.25) is 5.91 Å². The summed E-state index contributed by atoms with van der Waals surface area (Å²) < 4.78 is 0. The zero-order valence-electron chi connectivity index (χ0n) is 8.99. The maximum Gasteiger partial charge on any atom is 0.239 e. The van der Waals surface area contributed by atoms with Crippen LogP contribution in [0.2, 0.25) is 0 Å². The van der Waals surface area contributed by atoms with Crippen LogP contribution in [0, 0.1) is 5.92 Å². The number of nitrogens with one attached hydrogen (secondary N) is 1. The molecule has 1 heterocycles. The summed E-state index contributed by atoms with van der Waals surface area (Å²) in [6, 6.07) is -0.0188. The Balaban J connectivity index is 2.47. The van der Waals surface area contributed by atoms with Crippen molar-refractivity contribution < 1.29 is 9.90 Å². The Hall–Kier alpha value is -0.610. The van der Waals surface area contributed by atoms with E-state index in [0.717, 1.165) is 19.4 Å². The van der Waals surface area contributed by atoms with Gasteiger partial charge in [0.25, 0.3) is 0 Å². The van der Waals surface area contributed by atoms with Crippen molar-refractivity contribution in [2.45, 2.75) is 25.8 Å². The van der Waals surface area contributed by atoms with Gasteiger partial charge in [-0.2, -0.15) is 0 Å². The Labute approximate surface area is 85.3 Å². The van der Waals surface area contributed by atoms with Gasteiger partial charge in [0, 0.05) is 19.7 Å². The van der Waals surface area contributed by atoms with Crippen LogP contribution in [0.5, 0.6) is 0 Å². The molecular weight excluding hydrogens is 180 g/mol. The highest BCUT2D eigenvalue weighted by Crippen LogP contribution is 2.13. The smallest absolute Gasteiger partial charge is 0.239 e. The van der Waals surface area contributed by atoms with E-state index in [9.17, 15) is 4.79 Å². The summed E-state index contributed by atoms with van der Waals surface area (Å²) in [6.45, 7) is 3.61. The first-order valence-electron chi connectivity index (χ1n) is 5.26. The van der Waals surface area contributed by atoms with Gasteiger partial charge >= 0.3 is 0 Å². The molecule has 1 rings (SSSR count). The average Bonchev–Trinajstić information content (AvgIpc) is 2.21. The predicted octanol–water partition coefficient (Wildman–Crippen LogP) is -0.175. The SMILES string of the molecule is CNC1CCCN(CC(C)CO)C1=O. The van der Waals surface area contributed by atoms with Gasteiger partial charge in [0.15, 0.2) is 0 Å². The molecular formula is C10H20N2O2. The van der Waals surface area contributed by atoms with Gasteiger partial charge in [0.05, 0.1) is 6.04 Å². The number of likely N-dealkylation sites (N-methyl/N-ethyl adjacent to an activating group) is 1. The van der Waals surface area contributed by atoms with Crippen LogP contribution in [0.15, 0.2) is 0 Å². The lowest BCUT2D eigenvalue weighted by Crippen LogP contribution is -2.50. The molecule has 0 saturated carbocycles. The van der Waals surface area contributed by atoms with E-state index in [0.29, 0.717) is 6.54 Å². The third-order valence-corrected chi connectivity index (χ3v) is 2.72. The minimum absolute atomic E-state index is 0.0188. The van der Waals surface area contributed by atoms with Gasteiger partial charge in [-0.3, -0.25) is 4.79 Å². The van der Waals surface area contributed by atoms with Crippen LogP contribution in [0.25, 0.3) is 0 Å². The molecule has 1 saturated heterocycles. The lowest BCUT2D eigenvalue weighted by Gasteiger charge is -2.33. The van der Waals surface area contributed by atoms with Crippen molar-refractivity contribution in [2.75, 3.05) is 26.7 Å². The van der Waals surface area contributed by atoms with Gasteiger partial charge in [0.1, 0.15) is 0 Å². The van der Waals surface area contributed by atoms with Crippen LogP contribution < -0.4 is 5.32 Å². The van der Waals surface area contributed by atoms with Gasteiger partial charge in [-0.25, -0.2) is 0 Å². The zero-order chi connectivity index (χ0) is 10.6. The Kier molecular flexibility index (Phi) is 4.35. The van der Waals surface area contributed by atoms with Crippen LogP contribution in [0.1, 0.15) is 19.8 Å². The number of carbonyl (C=O) groups excluding carboxylic acids is 1. The molecule has 0 bridgehead atoms. The van der Waals surface area contributed by atoms with Gasteiger partial charge in [-0.15, -0.1) is 0 Å². The summed E-state index contributed by atoms with van der Waals surface area (Å²) in [4.78, 5) is 13.6. The average molecular weight is 200 g/mol. The molecule has 1 fully saturated rings. The van der Waals surface area contributed by atoms with Crippen LogP contribution in [-0.2, 0) is 4.79 Å². The van der Waals surface area contributed by atoms with Crippen molar-refractivity contribution in [3.8, 4) is 0 Å². The summed E-state index contributed by atoms with van der Waals surface area (Å²) in [5.41, 5.74) is 0. The van der Waals surface area contributed by atoms with Crippen molar-refractivity contribution in [3.63, 3.8) is 0 Å². The molecule has 0 aromatic rings. The molecule has 0 aromatic heterocycles. The molecule has 2 N–H and O–H groups in total. The second kappa shape index (κ2) is 5.32. The van der Waals surface area contributed by atoms with Gasteiger partial charge < -0.3 is 15.3 Å². The second-order valence-corrected chi connectivity index (χ2v) is 4.06. The third-order valence-electron chi connectivity index (χ3n) is 2.72. The van der Waals surface area contributed by atoms with Crippen molar-refractivity contribution >= 4 is 5.91 Å². The number of hydrogen-bond donors (Lipinski definition) is 2. The standard InChI is InChI=1S/C10H20N2O2/c1-8(7-13)6-12-5-3-4-9(11-2)10(12)14/h8-9,11,13H,3-7H2,1-2H3. The molecule has 1 amide bonds. The van der Waals surface area contributed by atoms with Crippen LogP contribution in [-0.4, -0.2) is 48.7 Å². The summed E-state index contributed by atoms with van der Waals surface area (Å²) >= 11 is 0. The van der Waals surface area contributed by atoms with Gasteiger partial charge in [-0.05, 0) is 25.8 Å². The highest BCUT2D eigenvalue weighted by atomic mass is 16.3. The minimum Gasteiger partial charge on any atom is -0.396 e. The van der Waals surface area contributed by atoms with E-state index in [4.69, 9.17) is 5.11 Å². The first-order valence-corrected chi connectivity index (χ1v) is 5.26. The van der Waals surface area contributed by atoms with Crippen LogP contribution in [0.4, 0.5) is 0 Å². The molecule has 82 valence electrons. The molecule has 0 radical (unpaired) electrons. The van der Waals surface area contributed by atoms with Crippen molar-refractivity contribution in [3.05, 3.63) is 0 Å². The quantitative estimate of drug-likeness (QED) is 0.662. The number of piperidine rings is 1. The van der Waals surface area contributed by atoms with Crippen molar-refractivity contribution in [2.24, 2.45) is 5.92 Å². The van der Waals surface area contributed by atoms with E-state index in [1.807, 2.05) is 18.9 Å². The lowest BCUT2D eigenvalue weighted by molar-refractivity contribution is -0.136. The van der Waals surface area contributed by atoms with Crippen molar-refractivity contribution in [1.29, 1.82) is 0 Å². The molecule has 1 aliphatic rings. The first-order chi connectivity index (χ1) is 6.69. The first kappa shape index (κ1) is 11.5. The summed E-state index contributed by atoms with van der Waals surface area (Å²) in [5.74, 6) is 0.355. The van der Waals surface area contributed by atoms with Crippen LogP contribution >= 0.6 is 0 Å². The van der Waals surface area contributed by atoms with Crippen LogP contribution in [0.3, 0.4) is 0 Å². The second-order valence-electron chi connectivity index (χ2n) is 4.06. The number of likely N-dealkylation sites (tertiary alicyclic amines) is 1. The highest BCUT2D eigenvalue weighted by molar-refractivity contribution is 5.82. The topological polar surface area (TPSA) is 52.6 Å². The molecule has 0 aliphatic carbocycles. The van der Waals surface area contributed by atoms with E-state index in [-0.39, 0.29) is 24.5 Å². The predicted molar refractivity (Wildman–Crippen MR) is 54.9 cm³/mol. The molecule has 0 aromatic carbocycles. The normalized spacial score (nSPS) is 25.2. The molecule has 2 atom stereocenters. The molecule has 1 aliphatic heterocycles. The number of hydrogen-bond acceptors (Lipinski definition) is 3. The largest absolute Gasteiger partial charge is 0.396 e. The Morgan fingerprint density at radius 1 is 1.71 bits per heavy atom. The van der Waals surface area contributed by atoms with E-state index in [1.54, 1.807) is 0 Å². The monoisotopic (exact) mass is 200 g/mol. The number of amides is 1.